The number of aryl methyl sites for hydroxylation is 1. The number of nitrogens with one attached hydrogen (secondary N) is 1. The summed E-state index contributed by atoms with van der Waals surface area (Å²) >= 11 is 5.92. The van der Waals surface area contributed by atoms with Gasteiger partial charge in [0.1, 0.15) is 11.3 Å². The highest BCUT2D eigenvalue weighted by Gasteiger charge is 2.26. The van der Waals surface area contributed by atoms with Crippen molar-refractivity contribution in [2.75, 3.05) is 5.32 Å². The minimum absolute atomic E-state index is 0.0932. The first kappa shape index (κ1) is 22.5. The molecule has 1 aliphatic rings. The van der Waals surface area contributed by atoms with Crippen LogP contribution in [0.5, 0.6) is 0 Å². The van der Waals surface area contributed by atoms with Crippen LogP contribution < -0.4 is 5.32 Å². The molecule has 4 aromatic rings. The van der Waals surface area contributed by atoms with E-state index in [1.54, 1.807) is 6.07 Å². The Morgan fingerprint density at radius 1 is 1.21 bits per heavy atom. The van der Waals surface area contributed by atoms with Crippen LogP contribution in [0.2, 0.25) is 5.02 Å². The van der Waals surface area contributed by atoms with Crippen LogP contribution in [0, 0.1) is 18.7 Å². The highest BCUT2D eigenvalue weighted by atomic mass is 35.5. The van der Waals surface area contributed by atoms with Crippen molar-refractivity contribution in [3.8, 4) is 11.3 Å². The molecule has 1 saturated carbocycles. The number of anilines is 1. The Labute approximate surface area is 203 Å². The molecule has 5 nitrogen and oxygen atoms in total. The average molecular weight is 477 g/mol. The van der Waals surface area contributed by atoms with Gasteiger partial charge in [-0.1, -0.05) is 47.9 Å². The molecule has 1 fully saturated rings. The van der Waals surface area contributed by atoms with Gasteiger partial charge in [-0.3, -0.25) is 4.79 Å². The molecule has 0 amide bonds. The van der Waals surface area contributed by atoms with Gasteiger partial charge in [-0.2, -0.15) is 0 Å². The Morgan fingerprint density at radius 2 is 2.03 bits per heavy atom. The van der Waals surface area contributed by atoms with Gasteiger partial charge in [0, 0.05) is 12.6 Å². The van der Waals surface area contributed by atoms with Crippen molar-refractivity contribution in [1.82, 2.24) is 14.5 Å². The number of rotatable bonds is 7. The Hall–Kier alpha value is -3.25. The van der Waals surface area contributed by atoms with Crippen LogP contribution >= 0.6 is 11.6 Å². The van der Waals surface area contributed by atoms with Crippen molar-refractivity contribution in [3.63, 3.8) is 0 Å². The molecule has 5 rings (SSSR count). The summed E-state index contributed by atoms with van der Waals surface area (Å²) in [6, 6.07) is 15.2. The number of aldehydes is 1. The van der Waals surface area contributed by atoms with Crippen molar-refractivity contribution in [3.05, 3.63) is 76.3 Å². The molecule has 174 valence electrons. The molecule has 7 heteroatoms. The molecule has 0 aliphatic heterocycles. The molecule has 0 unspecified atom stereocenters. The van der Waals surface area contributed by atoms with E-state index in [0.29, 0.717) is 30.1 Å². The molecule has 2 aromatic carbocycles. The van der Waals surface area contributed by atoms with Gasteiger partial charge in [0.15, 0.2) is 17.9 Å². The van der Waals surface area contributed by atoms with E-state index in [1.807, 2.05) is 37.3 Å². The van der Waals surface area contributed by atoms with Crippen LogP contribution in [0.25, 0.3) is 22.3 Å². The number of benzene rings is 2. The molecular formula is C27H26ClFN4O. The number of hydrogen-bond acceptors (Lipinski definition) is 4. The quantitative estimate of drug-likeness (QED) is 0.303. The summed E-state index contributed by atoms with van der Waals surface area (Å²) in [5.41, 5.74) is 5.30. The highest BCUT2D eigenvalue weighted by Crippen LogP contribution is 2.35. The van der Waals surface area contributed by atoms with E-state index in [9.17, 15) is 9.18 Å². The van der Waals surface area contributed by atoms with Crippen molar-refractivity contribution in [1.29, 1.82) is 0 Å². The predicted octanol–water partition coefficient (Wildman–Crippen LogP) is 6.66. The first-order valence-corrected chi connectivity index (χ1v) is 11.9. The molecule has 0 bridgehead atoms. The van der Waals surface area contributed by atoms with Gasteiger partial charge in [0.2, 0.25) is 0 Å². The topological polar surface area (TPSA) is 59.8 Å². The largest absolute Gasteiger partial charge is 0.365 e. The smallest absolute Gasteiger partial charge is 0.195 e. The molecule has 34 heavy (non-hydrogen) atoms. The molecule has 0 spiro atoms. The number of carbonyl (C=O) groups excluding carboxylic acids is 1. The third kappa shape index (κ3) is 4.30. The van der Waals surface area contributed by atoms with Crippen LogP contribution in [-0.4, -0.2) is 26.9 Å². The molecule has 2 heterocycles. The van der Waals surface area contributed by atoms with Gasteiger partial charge < -0.3 is 9.88 Å². The maximum Gasteiger partial charge on any atom is 0.195 e. The Balaban J connectivity index is 1.70. The monoisotopic (exact) mass is 476 g/mol. The van der Waals surface area contributed by atoms with Crippen LogP contribution in [-0.2, 0) is 6.54 Å². The van der Waals surface area contributed by atoms with Gasteiger partial charge >= 0.3 is 0 Å². The Kier molecular flexibility index (Phi) is 6.09. The summed E-state index contributed by atoms with van der Waals surface area (Å²) in [6.45, 7) is 4.60. The van der Waals surface area contributed by atoms with Gasteiger partial charge in [-0.25, -0.2) is 14.4 Å². The Morgan fingerprint density at radius 3 is 2.71 bits per heavy atom. The molecule has 1 aliphatic carbocycles. The number of carbonyl (C=O) groups is 1. The molecule has 0 saturated heterocycles. The average Bonchev–Trinajstić information content (AvgIpc) is 3.13. The SMILES string of the molecule is Cc1cccc(-c2cc3nc(C=O)nc(N[C@H](C)C4CCC4)c3n2Cc2ccc(Cl)c(F)c2)c1. The van der Waals surface area contributed by atoms with Crippen LogP contribution in [0.4, 0.5) is 10.2 Å². The van der Waals surface area contributed by atoms with Crippen LogP contribution in [0.15, 0.2) is 48.5 Å². The van der Waals surface area contributed by atoms with E-state index in [1.165, 1.54) is 25.3 Å². The number of aromatic nitrogens is 3. The minimum Gasteiger partial charge on any atom is -0.365 e. The lowest BCUT2D eigenvalue weighted by Crippen LogP contribution is -2.31. The molecule has 2 aromatic heterocycles. The van der Waals surface area contributed by atoms with E-state index in [0.717, 1.165) is 27.9 Å². The van der Waals surface area contributed by atoms with Gasteiger partial charge in [0.05, 0.1) is 16.2 Å². The lowest BCUT2D eigenvalue weighted by Gasteiger charge is -2.32. The van der Waals surface area contributed by atoms with Crippen molar-refractivity contribution in [2.45, 2.75) is 45.7 Å². The minimum atomic E-state index is -0.454. The van der Waals surface area contributed by atoms with E-state index >= 15 is 0 Å². The fraction of sp³-hybridized carbons (Fsp3) is 0.296. The summed E-state index contributed by atoms with van der Waals surface area (Å²) in [7, 11) is 0. The second-order valence-corrected chi connectivity index (χ2v) is 9.55. The number of nitrogens with zero attached hydrogens (tertiary/aromatic N) is 3. The van der Waals surface area contributed by atoms with E-state index in [4.69, 9.17) is 11.6 Å². The van der Waals surface area contributed by atoms with Crippen LogP contribution in [0.1, 0.15) is 47.9 Å². The number of hydrogen-bond donors (Lipinski definition) is 1. The predicted molar refractivity (Wildman–Crippen MR) is 134 cm³/mol. The standard InChI is InChI=1S/C27H26ClFN4O/c1-16-5-3-8-20(11-16)24-13-23-26(33(24)14-18-9-10-21(28)22(29)12-18)27(32-25(15-34)31-23)30-17(2)19-6-4-7-19/h3,5,8-13,15,17,19H,4,6-7,14H2,1-2H3,(H,30,31,32)/t17-/m1/s1. The maximum atomic E-state index is 14.3. The maximum absolute atomic E-state index is 14.3. The summed E-state index contributed by atoms with van der Waals surface area (Å²) in [5, 5.41) is 3.65. The highest BCUT2D eigenvalue weighted by molar-refractivity contribution is 6.30. The normalized spacial score (nSPS) is 14.7. The second kappa shape index (κ2) is 9.18. The Bertz CT molecular complexity index is 1380. The fourth-order valence-corrected chi connectivity index (χ4v) is 4.76. The fourth-order valence-electron chi connectivity index (χ4n) is 4.64. The molecule has 1 N–H and O–H groups in total. The number of fused-ring (bicyclic) bond motifs is 1. The lowest BCUT2D eigenvalue weighted by atomic mass is 9.80. The van der Waals surface area contributed by atoms with E-state index < -0.39 is 5.82 Å². The summed E-state index contributed by atoms with van der Waals surface area (Å²) in [4.78, 5) is 20.7. The van der Waals surface area contributed by atoms with Gasteiger partial charge in [-0.15, -0.1) is 0 Å². The van der Waals surface area contributed by atoms with E-state index in [2.05, 4.69) is 32.8 Å². The van der Waals surface area contributed by atoms with E-state index in [-0.39, 0.29) is 16.9 Å². The second-order valence-electron chi connectivity index (χ2n) is 9.14. The van der Waals surface area contributed by atoms with Crippen molar-refractivity contribution in [2.24, 2.45) is 5.92 Å². The zero-order chi connectivity index (χ0) is 23.8. The van der Waals surface area contributed by atoms with Crippen molar-refractivity contribution < 1.29 is 9.18 Å². The number of halogens is 2. The zero-order valence-electron chi connectivity index (χ0n) is 19.2. The van der Waals surface area contributed by atoms with Crippen LogP contribution in [0.3, 0.4) is 0 Å². The summed E-state index contributed by atoms with van der Waals surface area (Å²) in [6.07, 6.45) is 4.29. The first-order chi connectivity index (χ1) is 16.4. The summed E-state index contributed by atoms with van der Waals surface area (Å²) in [5.74, 6) is 0.889. The third-order valence-corrected chi connectivity index (χ3v) is 7.03. The molecular weight excluding hydrogens is 451 g/mol. The third-order valence-electron chi connectivity index (χ3n) is 6.73. The van der Waals surface area contributed by atoms with Gasteiger partial charge in [-0.05, 0) is 68.0 Å². The lowest BCUT2D eigenvalue weighted by molar-refractivity contribution is 0.111. The summed E-state index contributed by atoms with van der Waals surface area (Å²) < 4.78 is 16.4. The molecule has 1 atom stereocenters. The molecule has 0 radical (unpaired) electrons. The zero-order valence-corrected chi connectivity index (χ0v) is 19.9. The first-order valence-electron chi connectivity index (χ1n) is 11.6. The van der Waals surface area contributed by atoms with Crippen molar-refractivity contribution >= 4 is 34.7 Å². The van der Waals surface area contributed by atoms with Gasteiger partial charge in [0.25, 0.3) is 0 Å².